The van der Waals surface area contributed by atoms with Crippen LogP contribution in [-0.4, -0.2) is 6.29 Å². The van der Waals surface area contributed by atoms with E-state index in [0.717, 1.165) is 18.3 Å². The molecular formula is C21H26O. The summed E-state index contributed by atoms with van der Waals surface area (Å²) in [4.78, 5) is 11.7. The third kappa shape index (κ3) is 3.65. The second-order valence-corrected chi connectivity index (χ2v) is 7.53. The van der Waals surface area contributed by atoms with Crippen molar-refractivity contribution in [2.45, 2.75) is 51.9 Å². The van der Waals surface area contributed by atoms with Gasteiger partial charge in [0.15, 0.2) is 0 Å². The second kappa shape index (κ2) is 6.08. The molecule has 2 aromatic rings. The second-order valence-electron chi connectivity index (χ2n) is 7.53. The molecule has 1 unspecified atom stereocenters. The summed E-state index contributed by atoms with van der Waals surface area (Å²) in [5.41, 5.74) is 4.49. The van der Waals surface area contributed by atoms with E-state index in [4.69, 9.17) is 0 Å². The Labute approximate surface area is 134 Å². The maximum absolute atomic E-state index is 11.7. The van der Waals surface area contributed by atoms with E-state index in [1.54, 1.807) is 0 Å². The Hall–Kier alpha value is -1.89. The molecule has 0 aliphatic rings. The largest absolute Gasteiger partial charge is 0.302 e. The average Bonchev–Trinajstić information content (AvgIpc) is 2.47. The summed E-state index contributed by atoms with van der Waals surface area (Å²) in [5, 5.41) is 0. The summed E-state index contributed by atoms with van der Waals surface area (Å²) < 4.78 is 0. The van der Waals surface area contributed by atoms with E-state index in [2.05, 4.69) is 76.2 Å². The number of aryl methyl sites for hydroxylation is 1. The zero-order valence-corrected chi connectivity index (χ0v) is 14.3. The highest BCUT2D eigenvalue weighted by Crippen LogP contribution is 2.28. The SMILES string of the molecule is Cc1ccc(C(C)(C=O)Cc2ccc(C(C)(C)C)cc2)cc1. The van der Waals surface area contributed by atoms with Crippen LogP contribution in [0, 0.1) is 6.92 Å². The van der Waals surface area contributed by atoms with Crippen LogP contribution in [0.1, 0.15) is 49.9 Å². The zero-order chi connectivity index (χ0) is 16.4. The van der Waals surface area contributed by atoms with Crippen molar-refractivity contribution >= 4 is 6.29 Å². The van der Waals surface area contributed by atoms with Crippen LogP contribution in [0.2, 0.25) is 0 Å². The van der Waals surface area contributed by atoms with Crippen LogP contribution in [0.15, 0.2) is 48.5 Å². The Balaban J connectivity index is 2.26. The van der Waals surface area contributed by atoms with E-state index in [1.165, 1.54) is 16.7 Å². The van der Waals surface area contributed by atoms with Crippen LogP contribution >= 0.6 is 0 Å². The fourth-order valence-electron chi connectivity index (χ4n) is 2.69. The first-order valence-corrected chi connectivity index (χ1v) is 7.87. The molecule has 0 aliphatic heterocycles. The lowest BCUT2D eigenvalue weighted by atomic mass is 9.78. The zero-order valence-electron chi connectivity index (χ0n) is 14.3. The van der Waals surface area contributed by atoms with Crippen molar-refractivity contribution in [3.63, 3.8) is 0 Å². The van der Waals surface area contributed by atoms with E-state index in [-0.39, 0.29) is 5.41 Å². The summed E-state index contributed by atoms with van der Waals surface area (Å²) in [6.07, 6.45) is 1.80. The lowest BCUT2D eigenvalue weighted by Gasteiger charge is -2.25. The molecule has 116 valence electrons. The standard InChI is InChI=1S/C21H26O/c1-16-6-10-19(11-7-16)21(5,15-22)14-17-8-12-18(13-9-17)20(2,3)4/h6-13,15H,14H2,1-5H3. The molecule has 2 aromatic carbocycles. The summed E-state index contributed by atoms with van der Waals surface area (Å²) >= 11 is 0. The van der Waals surface area contributed by atoms with Gasteiger partial charge in [-0.25, -0.2) is 0 Å². The minimum absolute atomic E-state index is 0.156. The van der Waals surface area contributed by atoms with Gasteiger partial charge in [0.25, 0.3) is 0 Å². The van der Waals surface area contributed by atoms with Gasteiger partial charge in [0, 0.05) is 0 Å². The van der Waals surface area contributed by atoms with Crippen LogP contribution in [0.5, 0.6) is 0 Å². The molecule has 0 N–H and O–H groups in total. The van der Waals surface area contributed by atoms with Gasteiger partial charge in [-0.3, -0.25) is 0 Å². The number of hydrogen-bond donors (Lipinski definition) is 0. The first kappa shape index (κ1) is 16.5. The highest BCUT2D eigenvalue weighted by molar-refractivity contribution is 5.68. The molecule has 0 bridgehead atoms. The number of hydrogen-bond acceptors (Lipinski definition) is 1. The lowest BCUT2D eigenvalue weighted by Crippen LogP contribution is -2.26. The van der Waals surface area contributed by atoms with Crippen molar-refractivity contribution in [2.24, 2.45) is 0 Å². The van der Waals surface area contributed by atoms with E-state index >= 15 is 0 Å². The van der Waals surface area contributed by atoms with Crippen molar-refractivity contribution in [1.29, 1.82) is 0 Å². The first-order chi connectivity index (χ1) is 10.2. The summed E-state index contributed by atoms with van der Waals surface area (Å²) in [5.74, 6) is 0. The van der Waals surface area contributed by atoms with E-state index in [0.29, 0.717) is 0 Å². The highest BCUT2D eigenvalue weighted by Gasteiger charge is 2.26. The van der Waals surface area contributed by atoms with Gasteiger partial charge in [-0.2, -0.15) is 0 Å². The van der Waals surface area contributed by atoms with Gasteiger partial charge in [0.05, 0.1) is 5.41 Å². The molecule has 0 saturated carbocycles. The molecule has 0 radical (unpaired) electrons. The summed E-state index contributed by atoms with van der Waals surface area (Å²) in [6, 6.07) is 16.9. The van der Waals surface area contributed by atoms with Gasteiger partial charge in [0.2, 0.25) is 0 Å². The Bertz CT molecular complexity index is 629. The molecule has 2 rings (SSSR count). The number of aldehydes is 1. The Morgan fingerprint density at radius 2 is 1.32 bits per heavy atom. The molecule has 0 saturated heterocycles. The quantitative estimate of drug-likeness (QED) is 0.726. The Morgan fingerprint density at radius 1 is 0.818 bits per heavy atom. The molecule has 1 heteroatoms. The maximum Gasteiger partial charge on any atom is 0.130 e. The molecule has 1 nitrogen and oxygen atoms in total. The van der Waals surface area contributed by atoms with E-state index < -0.39 is 5.41 Å². The molecule has 22 heavy (non-hydrogen) atoms. The normalized spacial score (nSPS) is 14.4. The van der Waals surface area contributed by atoms with Crippen LogP contribution < -0.4 is 0 Å². The van der Waals surface area contributed by atoms with Gasteiger partial charge in [-0.15, -0.1) is 0 Å². The average molecular weight is 294 g/mol. The third-order valence-electron chi connectivity index (χ3n) is 4.36. The third-order valence-corrected chi connectivity index (χ3v) is 4.36. The van der Waals surface area contributed by atoms with Crippen molar-refractivity contribution in [3.8, 4) is 0 Å². The van der Waals surface area contributed by atoms with Crippen molar-refractivity contribution in [2.75, 3.05) is 0 Å². The molecule has 0 aliphatic carbocycles. The molecule has 0 aromatic heterocycles. The van der Waals surface area contributed by atoms with Crippen molar-refractivity contribution in [3.05, 3.63) is 70.8 Å². The van der Waals surface area contributed by atoms with Gasteiger partial charge in [-0.1, -0.05) is 74.9 Å². The number of carbonyl (C=O) groups excluding carboxylic acids is 1. The fraction of sp³-hybridized carbons (Fsp3) is 0.381. The summed E-state index contributed by atoms with van der Waals surface area (Å²) in [6.45, 7) is 10.7. The van der Waals surface area contributed by atoms with Crippen LogP contribution in [-0.2, 0) is 22.0 Å². The molecule has 0 amide bonds. The number of carbonyl (C=O) groups is 1. The van der Waals surface area contributed by atoms with Gasteiger partial charge in [-0.05, 0) is 42.4 Å². The van der Waals surface area contributed by atoms with Crippen molar-refractivity contribution < 1.29 is 4.79 Å². The van der Waals surface area contributed by atoms with Crippen LogP contribution in [0.25, 0.3) is 0 Å². The molecule has 1 atom stereocenters. The highest BCUT2D eigenvalue weighted by atomic mass is 16.1. The minimum Gasteiger partial charge on any atom is -0.302 e. The predicted molar refractivity (Wildman–Crippen MR) is 93.4 cm³/mol. The molecular weight excluding hydrogens is 268 g/mol. The topological polar surface area (TPSA) is 17.1 Å². The monoisotopic (exact) mass is 294 g/mol. The van der Waals surface area contributed by atoms with Gasteiger partial charge in [0.1, 0.15) is 6.29 Å². The lowest BCUT2D eigenvalue weighted by molar-refractivity contribution is -0.112. The van der Waals surface area contributed by atoms with Crippen molar-refractivity contribution in [1.82, 2.24) is 0 Å². The maximum atomic E-state index is 11.7. The minimum atomic E-state index is -0.475. The molecule has 0 spiro atoms. The van der Waals surface area contributed by atoms with Crippen LogP contribution in [0.4, 0.5) is 0 Å². The summed E-state index contributed by atoms with van der Waals surface area (Å²) in [7, 11) is 0. The Morgan fingerprint density at radius 3 is 1.77 bits per heavy atom. The smallest absolute Gasteiger partial charge is 0.130 e. The number of benzene rings is 2. The number of rotatable bonds is 4. The van der Waals surface area contributed by atoms with E-state index in [1.807, 2.05) is 6.92 Å². The molecule has 0 heterocycles. The first-order valence-electron chi connectivity index (χ1n) is 7.87. The van der Waals surface area contributed by atoms with Crippen LogP contribution in [0.3, 0.4) is 0 Å². The fourth-order valence-corrected chi connectivity index (χ4v) is 2.69. The van der Waals surface area contributed by atoms with Gasteiger partial charge >= 0.3 is 0 Å². The van der Waals surface area contributed by atoms with E-state index in [9.17, 15) is 4.79 Å². The molecule has 0 fully saturated rings. The predicted octanol–water partition coefficient (Wildman–Crippen LogP) is 4.99. The Kier molecular flexibility index (Phi) is 4.55. The van der Waals surface area contributed by atoms with Gasteiger partial charge < -0.3 is 4.79 Å².